The third kappa shape index (κ3) is 6.95. The second-order valence-electron chi connectivity index (χ2n) is 3.25. The Hall–Kier alpha value is 0.270. The van der Waals surface area contributed by atoms with Crippen molar-refractivity contribution >= 4 is 11.8 Å². The van der Waals surface area contributed by atoms with Crippen LogP contribution in [0.15, 0.2) is 0 Å². The number of rotatable bonds is 7. The fourth-order valence-electron chi connectivity index (χ4n) is 0.949. The smallest absolute Gasteiger partial charge is 0.00692 e. The molecule has 0 heterocycles. The van der Waals surface area contributed by atoms with Gasteiger partial charge in [0.1, 0.15) is 0 Å². The normalized spacial score (nSPS) is 13.8. The standard InChI is InChI=1S/C9H22N2S/c1-4-9(10)5-6-11(2)7-8-12-3/h9H,4-8,10H2,1-3H3. The Bertz CT molecular complexity index is 98.5. The topological polar surface area (TPSA) is 29.3 Å². The van der Waals surface area contributed by atoms with Gasteiger partial charge in [-0.3, -0.25) is 0 Å². The van der Waals surface area contributed by atoms with Gasteiger partial charge in [0.05, 0.1) is 0 Å². The Morgan fingerprint density at radius 1 is 1.42 bits per heavy atom. The first-order valence-corrected chi connectivity index (χ1v) is 6.03. The van der Waals surface area contributed by atoms with Gasteiger partial charge in [-0.2, -0.15) is 11.8 Å². The summed E-state index contributed by atoms with van der Waals surface area (Å²) in [7, 11) is 2.17. The molecule has 0 fully saturated rings. The van der Waals surface area contributed by atoms with Gasteiger partial charge in [-0.25, -0.2) is 0 Å². The fraction of sp³-hybridized carbons (Fsp3) is 1.00. The van der Waals surface area contributed by atoms with Gasteiger partial charge in [0, 0.05) is 18.3 Å². The van der Waals surface area contributed by atoms with E-state index < -0.39 is 0 Å². The first-order chi connectivity index (χ1) is 5.70. The molecular weight excluding hydrogens is 168 g/mol. The van der Waals surface area contributed by atoms with E-state index in [-0.39, 0.29) is 0 Å². The molecule has 3 heteroatoms. The summed E-state index contributed by atoms with van der Waals surface area (Å²) in [6.07, 6.45) is 4.36. The van der Waals surface area contributed by atoms with E-state index in [1.165, 1.54) is 12.3 Å². The second kappa shape index (κ2) is 7.90. The molecular formula is C9H22N2S. The van der Waals surface area contributed by atoms with Gasteiger partial charge in [-0.05, 0) is 32.7 Å². The van der Waals surface area contributed by atoms with Crippen molar-refractivity contribution in [3.63, 3.8) is 0 Å². The highest BCUT2D eigenvalue weighted by molar-refractivity contribution is 7.98. The number of thioether (sulfide) groups is 1. The first-order valence-electron chi connectivity index (χ1n) is 4.63. The molecule has 0 rings (SSSR count). The molecule has 0 bridgehead atoms. The summed E-state index contributed by atoms with van der Waals surface area (Å²) in [6.45, 7) is 4.46. The predicted molar refractivity (Wildman–Crippen MR) is 58.8 cm³/mol. The van der Waals surface area contributed by atoms with Crippen LogP contribution in [0.2, 0.25) is 0 Å². The lowest BCUT2D eigenvalue weighted by Crippen LogP contribution is -2.28. The van der Waals surface area contributed by atoms with Crippen molar-refractivity contribution in [2.75, 3.05) is 32.1 Å². The van der Waals surface area contributed by atoms with Gasteiger partial charge < -0.3 is 10.6 Å². The van der Waals surface area contributed by atoms with E-state index in [1.807, 2.05) is 11.8 Å². The Morgan fingerprint density at radius 2 is 2.08 bits per heavy atom. The van der Waals surface area contributed by atoms with Crippen LogP contribution in [0.5, 0.6) is 0 Å². The van der Waals surface area contributed by atoms with Gasteiger partial charge in [-0.1, -0.05) is 6.92 Å². The van der Waals surface area contributed by atoms with E-state index in [1.54, 1.807) is 0 Å². The van der Waals surface area contributed by atoms with Crippen molar-refractivity contribution in [3.8, 4) is 0 Å². The minimum absolute atomic E-state index is 0.390. The van der Waals surface area contributed by atoms with E-state index in [9.17, 15) is 0 Å². The first kappa shape index (κ1) is 12.3. The largest absolute Gasteiger partial charge is 0.328 e. The molecule has 0 aromatic heterocycles. The number of hydrogen-bond acceptors (Lipinski definition) is 3. The van der Waals surface area contributed by atoms with E-state index >= 15 is 0 Å². The predicted octanol–water partition coefficient (Wildman–Crippen LogP) is 1.41. The molecule has 0 spiro atoms. The number of nitrogens with zero attached hydrogens (tertiary/aromatic N) is 1. The molecule has 1 atom stereocenters. The zero-order valence-electron chi connectivity index (χ0n) is 8.55. The van der Waals surface area contributed by atoms with E-state index in [4.69, 9.17) is 5.73 Å². The lowest BCUT2D eigenvalue weighted by Gasteiger charge is -2.17. The molecule has 0 aromatic rings. The average molecular weight is 190 g/mol. The van der Waals surface area contributed by atoms with Crippen LogP contribution in [0.4, 0.5) is 0 Å². The van der Waals surface area contributed by atoms with Crippen LogP contribution in [-0.2, 0) is 0 Å². The van der Waals surface area contributed by atoms with Crippen molar-refractivity contribution in [3.05, 3.63) is 0 Å². The molecule has 0 aliphatic carbocycles. The molecule has 1 unspecified atom stereocenters. The lowest BCUT2D eigenvalue weighted by molar-refractivity contribution is 0.334. The van der Waals surface area contributed by atoms with Crippen molar-refractivity contribution < 1.29 is 0 Å². The zero-order valence-corrected chi connectivity index (χ0v) is 9.36. The molecule has 0 aliphatic heterocycles. The summed E-state index contributed by atoms with van der Waals surface area (Å²) in [5.41, 5.74) is 5.82. The maximum Gasteiger partial charge on any atom is 0.00692 e. The Labute approximate surface area is 80.9 Å². The van der Waals surface area contributed by atoms with Gasteiger partial charge in [-0.15, -0.1) is 0 Å². The molecule has 0 aromatic carbocycles. The van der Waals surface area contributed by atoms with Crippen molar-refractivity contribution in [1.29, 1.82) is 0 Å². The van der Waals surface area contributed by atoms with Gasteiger partial charge in [0.15, 0.2) is 0 Å². The van der Waals surface area contributed by atoms with Crippen LogP contribution in [0, 0.1) is 0 Å². The minimum Gasteiger partial charge on any atom is -0.328 e. The molecule has 0 amide bonds. The van der Waals surface area contributed by atoms with Crippen LogP contribution in [-0.4, -0.2) is 43.1 Å². The fourth-order valence-corrected chi connectivity index (χ4v) is 1.44. The molecule has 2 N–H and O–H groups in total. The number of hydrogen-bond donors (Lipinski definition) is 1. The summed E-state index contributed by atoms with van der Waals surface area (Å²) in [5.74, 6) is 1.22. The molecule has 0 radical (unpaired) electrons. The lowest BCUT2D eigenvalue weighted by atomic mass is 10.2. The third-order valence-electron chi connectivity index (χ3n) is 2.08. The summed E-state index contributed by atoms with van der Waals surface area (Å²) in [4.78, 5) is 2.35. The molecule has 2 nitrogen and oxygen atoms in total. The summed E-state index contributed by atoms with van der Waals surface area (Å²) in [5, 5.41) is 0. The summed E-state index contributed by atoms with van der Waals surface area (Å²) in [6, 6.07) is 0.390. The molecule has 12 heavy (non-hydrogen) atoms. The van der Waals surface area contributed by atoms with E-state index in [2.05, 4.69) is 25.1 Å². The third-order valence-corrected chi connectivity index (χ3v) is 2.67. The molecule has 74 valence electrons. The maximum absolute atomic E-state index is 5.82. The van der Waals surface area contributed by atoms with Crippen molar-refractivity contribution in [2.45, 2.75) is 25.8 Å². The highest BCUT2D eigenvalue weighted by Gasteiger charge is 2.01. The van der Waals surface area contributed by atoms with Crippen molar-refractivity contribution in [2.24, 2.45) is 5.73 Å². The Kier molecular flexibility index (Phi) is 8.07. The van der Waals surface area contributed by atoms with Gasteiger partial charge in [0.25, 0.3) is 0 Å². The highest BCUT2D eigenvalue weighted by Crippen LogP contribution is 1.97. The van der Waals surface area contributed by atoms with Crippen LogP contribution < -0.4 is 5.73 Å². The monoisotopic (exact) mass is 190 g/mol. The average Bonchev–Trinajstić information content (AvgIpc) is 2.10. The summed E-state index contributed by atoms with van der Waals surface area (Å²) >= 11 is 1.90. The van der Waals surface area contributed by atoms with E-state index in [0.29, 0.717) is 6.04 Å². The van der Waals surface area contributed by atoms with Crippen LogP contribution >= 0.6 is 11.8 Å². The Balaban J connectivity index is 3.24. The highest BCUT2D eigenvalue weighted by atomic mass is 32.2. The van der Waals surface area contributed by atoms with E-state index in [0.717, 1.165) is 19.4 Å². The van der Waals surface area contributed by atoms with Gasteiger partial charge in [0.2, 0.25) is 0 Å². The van der Waals surface area contributed by atoms with Gasteiger partial charge >= 0.3 is 0 Å². The SMILES string of the molecule is CCC(N)CCN(C)CCSC. The quantitative estimate of drug-likeness (QED) is 0.658. The molecule has 0 saturated carbocycles. The number of nitrogens with two attached hydrogens (primary N) is 1. The minimum atomic E-state index is 0.390. The van der Waals surface area contributed by atoms with Crippen LogP contribution in [0.3, 0.4) is 0 Å². The van der Waals surface area contributed by atoms with Crippen LogP contribution in [0.25, 0.3) is 0 Å². The Morgan fingerprint density at radius 3 is 2.58 bits per heavy atom. The summed E-state index contributed by atoms with van der Waals surface area (Å²) < 4.78 is 0. The van der Waals surface area contributed by atoms with Crippen LogP contribution in [0.1, 0.15) is 19.8 Å². The second-order valence-corrected chi connectivity index (χ2v) is 4.24. The maximum atomic E-state index is 5.82. The molecule has 0 saturated heterocycles. The zero-order chi connectivity index (χ0) is 9.40. The van der Waals surface area contributed by atoms with Crippen molar-refractivity contribution in [1.82, 2.24) is 4.90 Å². The molecule has 0 aliphatic rings.